The summed E-state index contributed by atoms with van der Waals surface area (Å²) < 4.78 is 5.49. The van der Waals surface area contributed by atoms with Crippen LogP contribution in [0.5, 0.6) is 0 Å². The number of carbonyl (C=O) groups is 3. The summed E-state index contributed by atoms with van der Waals surface area (Å²) in [5, 5.41) is 14.4. The van der Waals surface area contributed by atoms with Gasteiger partial charge in [0.1, 0.15) is 12.6 Å². The van der Waals surface area contributed by atoms with Gasteiger partial charge in [-0.05, 0) is 34.7 Å². The van der Waals surface area contributed by atoms with Crippen molar-refractivity contribution < 1.29 is 24.2 Å². The molecule has 0 saturated heterocycles. The van der Waals surface area contributed by atoms with Crippen LogP contribution < -0.4 is 10.6 Å². The van der Waals surface area contributed by atoms with Gasteiger partial charge in [0.2, 0.25) is 5.91 Å². The van der Waals surface area contributed by atoms with E-state index in [0.717, 1.165) is 22.3 Å². The molecule has 8 nitrogen and oxygen atoms in total. The minimum absolute atomic E-state index is 0.0747. The molecule has 34 heavy (non-hydrogen) atoms. The van der Waals surface area contributed by atoms with Crippen molar-refractivity contribution in [1.82, 2.24) is 10.3 Å². The lowest BCUT2D eigenvalue weighted by Gasteiger charge is -2.19. The minimum Gasteiger partial charge on any atom is -0.481 e. The molecule has 0 saturated carbocycles. The Labute approximate surface area is 200 Å². The van der Waals surface area contributed by atoms with E-state index in [2.05, 4.69) is 15.6 Å². The lowest BCUT2D eigenvalue weighted by atomic mass is 9.98. The van der Waals surface area contributed by atoms with E-state index < -0.39 is 24.0 Å². The standard InChI is InChI=1S/C25H22ClN3O5/c26-15-11-16(13-27-12-15)28-24(32)22(9-10-23(30)31)29-25(33)34-14-21-19-7-3-1-5-17(19)18-6-2-4-8-20(18)21/h1-8,11-13,21-22H,9-10,14H2,(H,28,32)(H,29,33)(H,30,31). The number of ether oxygens (including phenoxy) is 1. The number of carboxylic acids is 1. The van der Waals surface area contributed by atoms with E-state index in [1.807, 2.05) is 48.5 Å². The quantitative estimate of drug-likeness (QED) is 0.439. The normalized spacial score (nSPS) is 12.9. The molecule has 174 valence electrons. The van der Waals surface area contributed by atoms with Crippen LogP contribution in [0.3, 0.4) is 0 Å². The Morgan fingerprint density at radius 2 is 1.68 bits per heavy atom. The molecular formula is C25H22ClN3O5. The van der Waals surface area contributed by atoms with Gasteiger partial charge in [0.05, 0.1) is 16.9 Å². The molecule has 0 fully saturated rings. The zero-order valence-corrected chi connectivity index (χ0v) is 18.8. The summed E-state index contributed by atoms with van der Waals surface area (Å²) in [7, 11) is 0. The zero-order chi connectivity index (χ0) is 24.1. The Hall–Kier alpha value is -3.91. The number of halogens is 1. The largest absolute Gasteiger partial charge is 0.481 e. The van der Waals surface area contributed by atoms with Crippen molar-refractivity contribution in [1.29, 1.82) is 0 Å². The molecule has 1 aromatic heterocycles. The number of nitrogens with zero attached hydrogens (tertiary/aromatic N) is 1. The second kappa shape index (κ2) is 10.4. The number of fused-ring (bicyclic) bond motifs is 3. The van der Waals surface area contributed by atoms with Crippen LogP contribution in [0, 0.1) is 0 Å². The zero-order valence-electron chi connectivity index (χ0n) is 18.0. The Bertz CT molecular complexity index is 1190. The molecule has 1 heterocycles. The van der Waals surface area contributed by atoms with E-state index in [0.29, 0.717) is 10.7 Å². The average Bonchev–Trinajstić information content (AvgIpc) is 3.14. The molecule has 3 aromatic rings. The van der Waals surface area contributed by atoms with Crippen LogP contribution in [0.25, 0.3) is 11.1 Å². The fourth-order valence-electron chi connectivity index (χ4n) is 4.03. The van der Waals surface area contributed by atoms with Gasteiger partial charge in [0.25, 0.3) is 0 Å². The van der Waals surface area contributed by atoms with Crippen LogP contribution in [0.1, 0.15) is 29.9 Å². The van der Waals surface area contributed by atoms with Gasteiger partial charge < -0.3 is 20.5 Å². The first-order chi connectivity index (χ1) is 16.4. The van der Waals surface area contributed by atoms with E-state index >= 15 is 0 Å². The molecular weight excluding hydrogens is 458 g/mol. The number of alkyl carbamates (subject to hydrolysis) is 1. The molecule has 2 amide bonds. The molecule has 1 aliphatic carbocycles. The molecule has 0 aliphatic heterocycles. The summed E-state index contributed by atoms with van der Waals surface area (Å²) in [6, 6.07) is 16.3. The molecule has 0 spiro atoms. The van der Waals surface area contributed by atoms with Crippen molar-refractivity contribution >= 4 is 35.3 Å². The van der Waals surface area contributed by atoms with Gasteiger partial charge in [-0.15, -0.1) is 0 Å². The summed E-state index contributed by atoms with van der Waals surface area (Å²) in [6.45, 7) is 0.0747. The van der Waals surface area contributed by atoms with Gasteiger partial charge in [-0.2, -0.15) is 0 Å². The maximum absolute atomic E-state index is 12.7. The van der Waals surface area contributed by atoms with Crippen molar-refractivity contribution in [3.05, 3.63) is 83.1 Å². The summed E-state index contributed by atoms with van der Waals surface area (Å²) in [5.41, 5.74) is 4.64. The third-order valence-electron chi connectivity index (χ3n) is 5.57. The first kappa shape index (κ1) is 23.3. The number of aromatic nitrogens is 1. The third kappa shape index (κ3) is 5.35. The number of pyridine rings is 1. The van der Waals surface area contributed by atoms with Crippen molar-refractivity contribution in [2.75, 3.05) is 11.9 Å². The number of aliphatic carboxylic acids is 1. The van der Waals surface area contributed by atoms with Crippen LogP contribution in [-0.2, 0) is 14.3 Å². The van der Waals surface area contributed by atoms with Crippen LogP contribution >= 0.6 is 11.6 Å². The fourth-order valence-corrected chi connectivity index (χ4v) is 4.20. The Kier molecular flexibility index (Phi) is 7.08. The van der Waals surface area contributed by atoms with Gasteiger partial charge in [0, 0.05) is 18.5 Å². The SMILES string of the molecule is O=C(O)CCC(NC(=O)OCC1c2ccccc2-c2ccccc21)C(=O)Nc1cncc(Cl)c1. The van der Waals surface area contributed by atoms with Crippen molar-refractivity contribution in [3.63, 3.8) is 0 Å². The van der Waals surface area contributed by atoms with Gasteiger partial charge in [-0.25, -0.2) is 4.79 Å². The summed E-state index contributed by atoms with van der Waals surface area (Å²) >= 11 is 5.89. The number of anilines is 1. The fraction of sp³-hybridized carbons (Fsp3) is 0.200. The molecule has 0 bridgehead atoms. The third-order valence-corrected chi connectivity index (χ3v) is 5.78. The van der Waals surface area contributed by atoms with Crippen LogP contribution in [0.15, 0.2) is 67.0 Å². The van der Waals surface area contributed by atoms with Crippen molar-refractivity contribution in [2.24, 2.45) is 0 Å². The molecule has 3 N–H and O–H groups in total. The summed E-state index contributed by atoms with van der Waals surface area (Å²) in [4.78, 5) is 40.2. The predicted octanol–water partition coefficient (Wildman–Crippen LogP) is 4.45. The number of rotatable bonds is 8. The maximum atomic E-state index is 12.7. The first-order valence-corrected chi connectivity index (χ1v) is 11.0. The topological polar surface area (TPSA) is 118 Å². The average molecular weight is 480 g/mol. The smallest absolute Gasteiger partial charge is 0.407 e. The van der Waals surface area contributed by atoms with Crippen LogP contribution in [0.4, 0.5) is 10.5 Å². The van der Waals surface area contributed by atoms with Crippen LogP contribution in [0.2, 0.25) is 5.02 Å². The highest BCUT2D eigenvalue weighted by atomic mass is 35.5. The predicted molar refractivity (Wildman–Crippen MR) is 127 cm³/mol. The summed E-state index contributed by atoms with van der Waals surface area (Å²) in [6.07, 6.45) is 1.57. The molecule has 1 atom stereocenters. The van der Waals surface area contributed by atoms with Gasteiger partial charge >= 0.3 is 12.1 Å². The monoisotopic (exact) mass is 479 g/mol. The number of carbonyl (C=O) groups excluding carboxylic acids is 2. The molecule has 4 rings (SSSR count). The van der Waals surface area contributed by atoms with E-state index in [1.165, 1.54) is 18.5 Å². The van der Waals surface area contributed by atoms with E-state index in [9.17, 15) is 14.4 Å². The molecule has 0 radical (unpaired) electrons. The summed E-state index contributed by atoms with van der Waals surface area (Å²) in [5.74, 6) is -1.82. The second-order valence-electron chi connectivity index (χ2n) is 7.84. The Morgan fingerprint density at radius 1 is 1.03 bits per heavy atom. The minimum atomic E-state index is -1.12. The van der Waals surface area contributed by atoms with Gasteiger partial charge in [-0.3, -0.25) is 14.6 Å². The van der Waals surface area contributed by atoms with E-state index in [-0.39, 0.29) is 25.4 Å². The Morgan fingerprint density at radius 3 is 2.29 bits per heavy atom. The number of benzene rings is 2. The van der Waals surface area contributed by atoms with Crippen LogP contribution in [-0.4, -0.2) is 40.7 Å². The van der Waals surface area contributed by atoms with E-state index in [4.69, 9.17) is 21.4 Å². The number of hydrogen-bond acceptors (Lipinski definition) is 5. The molecule has 2 aromatic carbocycles. The maximum Gasteiger partial charge on any atom is 0.407 e. The number of amides is 2. The second-order valence-corrected chi connectivity index (χ2v) is 8.27. The lowest BCUT2D eigenvalue weighted by Crippen LogP contribution is -2.44. The van der Waals surface area contributed by atoms with Gasteiger partial charge in [-0.1, -0.05) is 60.1 Å². The molecule has 9 heteroatoms. The van der Waals surface area contributed by atoms with E-state index in [1.54, 1.807) is 0 Å². The highest BCUT2D eigenvalue weighted by Gasteiger charge is 2.30. The van der Waals surface area contributed by atoms with Crippen molar-refractivity contribution in [2.45, 2.75) is 24.8 Å². The Balaban J connectivity index is 1.43. The van der Waals surface area contributed by atoms with Gasteiger partial charge in [0.15, 0.2) is 0 Å². The lowest BCUT2D eigenvalue weighted by molar-refractivity contribution is -0.137. The number of carboxylic acid groups (broad SMARTS) is 1. The highest BCUT2D eigenvalue weighted by molar-refractivity contribution is 6.30. The molecule has 1 aliphatic rings. The van der Waals surface area contributed by atoms with Crippen molar-refractivity contribution in [3.8, 4) is 11.1 Å². The number of hydrogen-bond donors (Lipinski definition) is 3. The molecule has 1 unspecified atom stereocenters. The highest BCUT2D eigenvalue weighted by Crippen LogP contribution is 2.44. The first-order valence-electron chi connectivity index (χ1n) is 10.7. The number of nitrogens with one attached hydrogen (secondary N) is 2.